The van der Waals surface area contributed by atoms with Crippen molar-refractivity contribution >= 4 is 29.0 Å². The number of rotatable bonds is 6. The van der Waals surface area contributed by atoms with Crippen molar-refractivity contribution in [3.8, 4) is 16.9 Å². The first-order valence-electron chi connectivity index (χ1n) is 9.12. The van der Waals surface area contributed by atoms with E-state index in [2.05, 4.69) is 57.2 Å². The van der Waals surface area contributed by atoms with Crippen LogP contribution in [0.1, 0.15) is 5.56 Å². The highest BCUT2D eigenvalue weighted by Crippen LogP contribution is 2.23. The third kappa shape index (κ3) is 4.50. The number of benzene rings is 2. The van der Waals surface area contributed by atoms with Crippen LogP contribution in [0.3, 0.4) is 0 Å². The lowest BCUT2D eigenvalue weighted by molar-refractivity contribution is -0.118. The van der Waals surface area contributed by atoms with E-state index in [0.717, 1.165) is 16.9 Å². The van der Waals surface area contributed by atoms with Crippen molar-refractivity contribution in [2.45, 2.75) is 12.1 Å². The van der Waals surface area contributed by atoms with Gasteiger partial charge < -0.3 is 0 Å². The van der Waals surface area contributed by atoms with Gasteiger partial charge in [0.05, 0.1) is 11.4 Å². The molecule has 0 unspecified atom stereocenters. The molecule has 152 valence electrons. The van der Waals surface area contributed by atoms with E-state index in [4.69, 9.17) is 0 Å². The van der Waals surface area contributed by atoms with Crippen molar-refractivity contribution in [3.63, 3.8) is 0 Å². The predicted octanol–water partition coefficient (Wildman–Crippen LogP) is 2.76. The average Bonchev–Trinajstić information content (AvgIpc) is 3.38. The van der Waals surface area contributed by atoms with Crippen LogP contribution in [-0.2, 0) is 11.8 Å². The fraction of sp³-hybridized carbons (Fsp3) is 0.150. The Morgan fingerprint density at radius 3 is 2.63 bits per heavy atom. The van der Waals surface area contributed by atoms with Gasteiger partial charge in [-0.2, -0.15) is 0 Å². The summed E-state index contributed by atoms with van der Waals surface area (Å²) in [6.07, 6.45) is 0. The fourth-order valence-electron chi connectivity index (χ4n) is 2.76. The first kappa shape index (κ1) is 20.0. The van der Waals surface area contributed by atoms with Crippen molar-refractivity contribution in [2.24, 2.45) is 12.1 Å². The number of amides is 1. The number of carbonyl (C=O) groups excluding carboxylic acids is 1. The monoisotopic (exact) mass is 437 g/mol. The van der Waals surface area contributed by atoms with Crippen molar-refractivity contribution in [2.75, 3.05) is 5.75 Å². The molecule has 0 bridgehead atoms. The number of tetrazole rings is 1. The molecule has 4 rings (SSSR count). The lowest BCUT2D eigenvalue weighted by atomic mass is 10.1. The smallest absolute Gasteiger partial charge is 0.250 e. The van der Waals surface area contributed by atoms with Gasteiger partial charge in [0.2, 0.25) is 9.96 Å². The van der Waals surface area contributed by atoms with Crippen LogP contribution < -0.4 is 10.2 Å². The quantitative estimate of drug-likeness (QED) is 0.370. The minimum absolute atomic E-state index is 0.166. The fourth-order valence-corrected chi connectivity index (χ4v) is 4.27. The van der Waals surface area contributed by atoms with Gasteiger partial charge in [-0.05, 0) is 35.0 Å². The molecule has 0 aliphatic rings. The Labute approximate surface area is 181 Å². The summed E-state index contributed by atoms with van der Waals surface area (Å²) in [5.41, 5.74) is 6.91. The Balaban J connectivity index is 1.61. The minimum Gasteiger partial charge on any atom is -0.284 e. The van der Waals surface area contributed by atoms with Crippen LogP contribution in [0.15, 0.2) is 70.2 Å². The lowest BCUT2D eigenvalue weighted by Crippen LogP contribution is -2.25. The van der Waals surface area contributed by atoms with Gasteiger partial charge in [0.15, 0.2) is 0 Å². The highest BCUT2D eigenvalue weighted by Gasteiger charge is 2.11. The minimum atomic E-state index is -0.229. The van der Waals surface area contributed by atoms with E-state index >= 15 is 0 Å². The molecule has 10 heteroatoms. The highest BCUT2D eigenvalue weighted by atomic mass is 32.2. The third-order valence-electron chi connectivity index (χ3n) is 4.26. The number of nitrogens with zero attached hydrogens (tertiary/aromatic N) is 6. The Morgan fingerprint density at radius 1 is 1.17 bits per heavy atom. The zero-order valence-corrected chi connectivity index (χ0v) is 18.0. The number of nitrogens with one attached hydrogen (secondary N) is 1. The van der Waals surface area contributed by atoms with Gasteiger partial charge in [0, 0.05) is 18.1 Å². The van der Waals surface area contributed by atoms with Crippen LogP contribution in [0.25, 0.3) is 16.9 Å². The molecule has 1 N–H and O–H groups in total. The SMILES string of the molecule is Cc1ccc(-c2cs/c(=N/NC(=O)CSc3nnnn3C)n2-c2ccccc2)cc1. The topological polar surface area (TPSA) is 90.0 Å². The molecule has 30 heavy (non-hydrogen) atoms. The summed E-state index contributed by atoms with van der Waals surface area (Å²) in [6.45, 7) is 2.06. The number of para-hydroxylation sites is 1. The van der Waals surface area contributed by atoms with E-state index < -0.39 is 0 Å². The summed E-state index contributed by atoms with van der Waals surface area (Å²) < 4.78 is 3.56. The van der Waals surface area contributed by atoms with Crippen LogP contribution in [0.2, 0.25) is 0 Å². The lowest BCUT2D eigenvalue weighted by Gasteiger charge is -2.09. The van der Waals surface area contributed by atoms with Gasteiger partial charge in [0.1, 0.15) is 0 Å². The standard InChI is InChI=1S/C20H19N7OS2/c1-14-8-10-15(11-9-14)17-12-29-20(27(17)16-6-4-3-5-7-16)22-21-18(28)13-30-19-23-24-25-26(19)2/h3-12H,13H2,1-2H3,(H,21,28)/b22-20+. The van der Waals surface area contributed by atoms with Crippen LogP contribution in [0.5, 0.6) is 0 Å². The zero-order chi connectivity index (χ0) is 20.9. The van der Waals surface area contributed by atoms with Crippen molar-refractivity contribution in [1.29, 1.82) is 0 Å². The summed E-state index contributed by atoms with van der Waals surface area (Å²) in [5, 5.41) is 18.2. The maximum absolute atomic E-state index is 12.3. The molecule has 1 amide bonds. The number of hydrogen-bond donors (Lipinski definition) is 1. The van der Waals surface area contributed by atoms with Crippen molar-refractivity contribution in [3.05, 3.63) is 70.3 Å². The number of thioether (sulfide) groups is 1. The number of aromatic nitrogens is 5. The molecule has 8 nitrogen and oxygen atoms in total. The number of aryl methyl sites for hydroxylation is 2. The summed E-state index contributed by atoms with van der Waals surface area (Å²) in [6, 6.07) is 18.3. The number of carbonyl (C=O) groups is 1. The van der Waals surface area contributed by atoms with Gasteiger partial charge in [0.25, 0.3) is 5.91 Å². The third-order valence-corrected chi connectivity index (χ3v) is 6.10. The molecule has 2 aromatic heterocycles. The normalized spacial score (nSPS) is 11.6. The van der Waals surface area contributed by atoms with Crippen LogP contribution in [0.4, 0.5) is 0 Å². The summed E-state index contributed by atoms with van der Waals surface area (Å²) in [5.74, 6) is -0.0629. The van der Waals surface area contributed by atoms with Crippen LogP contribution >= 0.6 is 23.1 Å². The maximum Gasteiger partial charge on any atom is 0.250 e. The Hall–Kier alpha value is -3.24. The second-order valence-electron chi connectivity index (χ2n) is 6.46. The first-order valence-corrected chi connectivity index (χ1v) is 11.0. The van der Waals surface area contributed by atoms with Gasteiger partial charge in [-0.25, -0.2) is 10.1 Å². The largest absolute Gasteiger partial charge is 0.284 e. The molecule has 2 heterocycles. The molecule has 0 fully saturated rings. The molecule has 0 saturated carbocycles. The molecular formula is C20H19N7OS2. The number of hydrogen-bond acceptors (Lipinski definition) is 7. The molecule has 4 aromatic rings. The Kier molecular flexibility index (Phi) is 6.05. The molecule has 0 radical (unpaired) electrons. The van der Waals surface area contributed by atoms with Crippen molar-refractivity contribution in [1.82, 2.24) is 30.2 Å². The second-order valence-corrected chi connectivity index (χ2v) is 8.24. The summed E-state index contributed by atoms with van der Waals surface area (Å²) >= 11 is 2.72. The van der Waals surface area contributed by atoms with E-state index in [1.54, 1.807) is 7.05 Å². The second kappa shape index (κ2) is 9.06. The molecule has 2 aromatic carbocycles. The molecular weight excluding hydrogens is 418 g/mol. The summed E-state index contributed by atoms with van der Waals surface area (Å²) in [4.78, 5) is 13.0. The van der Waals surface area contributed by atoms with Gasteiger partial charge >= 0.3 is 0 Å². The van der Waals surface area contributed by atoms with Crippen LogP contribution in [-0.4, -0.2) is 36.4 Å². The van der Waals surface area contributed by atoms with E-state index in [0.29, 0.717) is 9.96 Å². The average molecular weight is 438 g/mol. The molecule has 0 atom stereocenters. The highest BCUT2D eigenvalue weighted by molar-refractivity contribution is 7.99. The zero-order valence-electron chi connectivity index (χ0n) is 16.4. The maximum atomic E-state index is 12.3. The van der Waals surface area contributed by atoms with E-state index in [-0.39, 0.29) is 11.7 Å². The molecule has 0 spiro atoms. The molecule has 0 aliphatic heterocycles. The van der Waals surface area contributed by atoms with Gasteiger partial charge in [-0.1, -0.05) is 59.8 Å². The van der Waals surface area contributed by atoms with Crippen molar-refractivity contribution < 1.29 is 4.79 Å². The first-order chi connectivity index (χ1) is 14.6. The van der Waals surface area contributed by atoms with Crippen LogP contribution in [0, 0.1) is 6.92 Å². The Morgan fingerprint density at radius 2 is 1.93 bits per heavy atom. The number of thiazole rings is 1. The van der Waals surface area contributed by atoms with Gasteiger partial charge in [-0.3, -0.25) is 9.36 Å². The summed E-state index contributed by atoms with van der Waals surface area (Å²) in [7, 11) is 1.73. The Bertz CT molecular complexity index is 1210. The van der Waals surface area contributed by atoms with E-state index in [9.17, 15) is 4.79 Å². The van der Waals surface area contributed by atoms with E-state index in [1.165, 1.54) is 33.3 Å². The van der Waals surface area contributed by atoms with E-state index in [1.807, 2.05) is 40.3 Å². The molecule has 0 aliphatic carbocycles. The van der Waals surface area contributed by atoms with Gasteiger partial charge in [-0.15, -0.1) is 21.5 Å². The predicted molar refractivity (Wildman–Crippen MR) is 117 cm³/mol. The molecule has 0 saturated heterocycles.